The summed E-state index contributed by atoms with van der Waals surface area (Å²) in [5, 5.41) is 11.7. The number of anilines is 1. The zero-order valence-electron chi connectivity index (χ0n) is 16.3. The lowest BCUT2D eigenvalue weighted by molar-refractivity contribution is 0.102. The Morgan fingerprint density at radius 2 is 1.93 bits per heavy atom. The molecule has 29 heavy (non-hydrogen) atoms. The Balaban J connectivity index is 1.51. The number of nitrogens with one attached hydrogen (secondary N) is 1. The van der Waals surface area contributed by atoms with Gasteiger partial charge in [0.1, 0.15) is 6.33 Å². The van der Waals surface area contributed by atoms with Crippen LogP contribution in [0.1, 0.15) is 21.7 Å². The van der Waals surface area contributed by atoms with Crippen LogP contribution in [-0.4, -0.2) is 30.2 Å². The number of nitrogens with zero attached hydrogens (tertiary/aromatic N) is 5. The SMILES string of the molecule is Cc1cc(C(=O)Nc2ccc(Sc3nncn3C)cc2)c(C)n1-c1cccnc1. The quantitative estimate of drug-likeness (QED) is 0.544. The van der Waals surface area contributed by atoms with Crippen LogP contribution >= 0.6 is 11.8 Å². The second-order valence-corrected chi connectivity index (χ2v) is 7.68. The maximum absolute atomic E-state index is 12.9. The van der Waals surface area contributed by atoms with Crippen LogP contribution in [0.3, 0.4) is 0 Å². The summed E-state index contributed by atoms with van der Waals surface area (Å²) in [5.74, 6) is -0.137. The standard InChI is InChI=1S/C21H20N6OS/c1-14-11-19(15(2)27(14)17-5-4-10-22-12-17)20(28)24-16-6-8-18(9-7-16)29-21-25-23-13-26(21)3/h4-13H,1-3H3,(H,24,28). The van der Waals surface area contributed by atoms with Crippen molar-refractivity contribution in [1.29, 1.82) is 0 Å². The molecular formula is C21H20N6OS. The third kappa shape index (κ3) is 3.93. The third-order valence-corrected chi connectivity index (χ3v) is 5.63. The van der Waals surface area contributed by atoms with Gasteiger partial charge in [-0.1, -0.05) is 0 Å². The first-order valence-electron chi connectivity index (χ1n) is 9.05. The Bertz CT molecular complexity index is 1150. The van der Waals surface area contributed by atoms with E-state index in [2.05, 4.69) is 20.5 Å². The van der Waals surface area contributed by atoms with Gasteiger partial charge in [-0.2, -0.15) is 0 Å². The van der Waals surface area contributed by atoms with Crippen molar-refractivity contribution in [2.75, 3.05) is 5.32 Å². The molecule has 3 aromatic heterocycles. The van der Waals surface area contributed by atoms with Crippen molar-refractivity contribution in [1.82, 2.24) is 24.3 Å². The first-order valence-corrected chi connectivity index (χ1v) is 9.87. The molecule has 0 radical (unpaired) electrons. The van der Waals surface area contributed by atoms with Crippen LogP contribution in [-0.2, 0) is 7.05 Å². The molecule has 0 aliphatic heterocycles. The lowest BCUT2D eigenvalue weighted by Gasteiger charge is -2.10. The number of carbonyl (C=O) groups excluding carboxylic acids is 1. The number of aryl methyl sites for hydroxylation is 2. The molecule has 4 rings (SSSR count). The van der Waals surface area contributed by atoms with Crippen LogP contribution in [0, 0.1) is 13.8 Å². The summed E-state index contributed by atoms with van der Waals surface area (Å²) in [6.45, 7) is 3.92. The highest BCUT2D eigenvalue weighted by atomic mass is 32.2. The molecule has 146 valence electrons. The molecule has 8 heteroatoms. The second-order valence-electron chi connectivity index (χ2n) is 6.64. The fourth-order valence-corrected chi connectivity index (χ4v) is 3.91. The number of rotatable bonds is 5. The van der Waals surface area contributed by atoms with Crippen molar-refractivity contribution in [2.45, 2.75) is 23.9 Å². The van der Waals surface area contributed by atoms with Crippen LogP contribution in [0.2, 0.25) is 0 Å². The Morgan fingerprint density at radius 3 is 2.59 bits per heavy atom. The van der Waals surface area contributed by atoms with Gasteiger partial charge in [0.05, 0.1) is 17.4 Å². The summed E-state index contributed by atoms with van der Waals surface area (Å²) in [5.41, 5.74) is 4.18. The molecule has 0 aliphatic carbocycles. The molecule has 0 aliphatic rings. The molecular weight excluding hydrogens is 384 g/mol. The number of carbonyl (C=O) groups is 1. The molecule has 3 heterocycles. The summed E-state index contributed by atoms with van der Waals surface area (Å²) in [6.07, 6.45) is 5.19. The third-order valence-electron chi connectivity index (χ3n) is 4.57. The Labute approximate surface area is 172 Å². The first kappa shape index (κ1) is 18.9. The Morgan fingerprint density at radius 1 is 1.14 bits per heavy atom. The van der Waals surface area contributed by atoms with Crippen molar-refractivity contribution in [3.8, 4) is 5.69 Å². The summed E-state index contributed by atoms with van der Waals surface area (Å²) in [7, 11) is 1.90. The minimum absolute atomic E-state index is 0.137. The van der Waals surface area contributed by atoms with E-state index < -0.39 is 0 Å². The van der Waals surface area contributed by atoms with Crippen molar-refractivity contribution in [2.24, 2.45) is 7.05 Å². The molecule has 0 atom stereocenters. The first-order chi connectivity index (χ1) is 14.0. The van der Waals surface area contributed by atoms with Gasteiger partial charge in [0.2, 0.25) is 0 Å². The predicted octanol–water partition coefficient (Wildman–Crippen LogP) is 4.02. The molecule has 0 spiro atoms. The van der Waals surface area contributed by atoms with Gasteiger partial charge in [-0.25, -0.2) is 0 Å². The van der Waals surface area contributed by atoms with E-state index in [9.17, 15) is 4.79 Å². The van der Waals surface area contributed by atoms with Gasteiger partial charge in [0.15, 0.2) is 5.16 Å². The number of hydrogen-bond acceptors (Lipinski definition) is 5. The van der Waals surface area contributed by atoms with Gasteiger partial charge < -0.3 is 14.5 Å². The second kappa shape index (κ2) is 7.92. The molecule has 7 nitrogen and oxygen atoms in total. The number of amides is 1. The van der Waals surface area contributed by atoms with E-state index in [1.54, 1.807) is 18.7 Å². The smallest absolute Gasteiger partial charge is 0.257 e. The number of hydrogen-bond donors (Lipinski definition) is 1. The van der Waals surface area contributed by atoms with Crippen LogP contribution in [0.4, 0.5) is 5.69 Å². The summed E-state index contributed by atoms with van der Waals surface area (Å²) in [4.78, 5) is 18.0. The van der Waals surface area contributed by atoms with E-state index in [0.29, 0.717) is 5.56 Å². The minimum atomic E-state index is -0.137. The average Bonchev–Trinajstić information content (AvgIpc) is 3.26. The van der Waals surface area contributed by atoms with Gasteiger partial charge in [-0.15, -0.1) is 10.2 Å². The van der Waals surface area contributed by atoms with Crippen molar-refractivity contribution in [3.05, 3.63) is 78.1 Å². The van der Waals surface area contributed by atoms with Crippen molar-refractivity contribution < 1.29 is 4.79 Å². The minimum Gasteiger partial charge on any atom is -0.322 e. The number of benzene rings is 1. The monoisotopic (exact) mass is 404 g/mol. The maximum Gasteiger partial charge on any atom is 0.257 e. The van der Waals surface area contributed by atoms with E-state index in [4.69, 9.17) is 0 Å². The highest BCUT2D eigenvalue weighted by Crippen LogP contribution is 2.27. The largest absolute Gasteiger partial charge is 0.322 e. The average molecular weight is 404 g/mol. The van der Waals surface area contributed by atoms with E-state index in [1.807, 2.05) is 72.5 Å². The fourth-order valence-electron chi connectivity index (χ4n) is 3.15. The van der Waals surface area contributed by atoms with Crippen molar-refractivity contribution >= 4 is 23.4 Å². The molecule has 0 bridgehead atoms. The van der Waals surface area contributed by atoms with E-state index in [0.717, 1.165) is 32.8 Å². The van der Waals surface area contributed by atoms with Crippen LogP contribution in [0.25, 0.3) is 5.69 Å². The number of aromatic nitrogens is 5. The van der Waals surface area contributed by atoms with E-state index >= 15 is 0 Å². The maximum atomic E-state index is 12.9. The van der Waals surface area contributed by atoms with Crippen LogP contribution in [0.5, 0.6) is 0 Å². The molecule has 1 amide bonds. The van der Waals surface area contributed by atoms with Gasteiger partial charge in [0, 0.05) is 35.2 Å². The topological polar surface area (TPSA) is 77.6 Å². The van der Waals surface area contributed by atoms with E-state index in [-0.39, 0.29) is 5.91 Å². The highest BCUT2D eigenvalue weighted by Gasteiger charge is 2.17. The highest BCUT2D eigenvalue weighted by molar-refractivity contribution is 7.99. The molecule has 0 saturated carbocycles. The summed E-state index contributed by atoms with van der Waals surface area (Å²) in [6, 6.07) is 13.4. The van der Waals surface area contributed by atoms with Gasteiger partial charge >= 0.3 is 0 Å². The van der Waals surface area contributed by atoms with Crippen LogP contribution in [0.15, 0.2) is 71.2 Å². The summed E-state index contributed by atoms with van der Waals surface area (Å²) >= 11 is 1.52. The number of pyridine rings is 1. The molecule has 0 fully saturated rings. The zero-order valence-corrected chi connectivity index (χ0v) is 17.1. The van der Waals surface area contributed by atoms with Crippen molar-refractivity contribution in [3.63, 3.8) is 0 Å². The molecule has 0 unspecified atom stereocenters. The molecule has 0 saturated heterocycles. The predicted molar refractivity (Wildman–Crippen MR) is 113 cm³/mol. The van der Waals surface area contributed by atoms with Gasteiger partial charge in [0.25, 0.3) is 5.91 Å². The summed E-state index contributed by atoms with van der Waals surface area (Å²) < 4.78 is 3.89. The van der Waals surface area contributed by atoms with Gasteiger partial charge in [-0.3, -0.25) is 9.78 Å². The lowest BCUT2D eigenvalue weighted by atomic mass is 10.2. The molecule has 4 aromatic rings. The Kier molecular flexibility index (Phi) is 5.18. The Hall–Kier alpha value is -3.39. The van der Waals surface area contributed by atoms with Crippen LogP contribution < -0.4 is 5.32 Å². The zero-order chi connectivity index (χ0) is 20.4. The molecule has 1 aromatic carbocycles. The van der Waals surface area contributed by atoms with E-state index in [1.165, 1.54) is 11.8 Å². The normalized spacial score (nSPS) is 10.9. The fraction of sp³-hybridized carbons (Fsp3) is 0.143. The molecule has 1 N–H and O–H groups in total. The van der Waals surface area contributed by atoms with Gasteiger partial charge in [-0.05, 0) is 68.1 Å². The lowest BCUT2D eigenvalue weighted by Crippen LogP contribution is -2.13.